The monoisotopic (exact) mass is 275 g/mol. The first kappa shape index (κ1) is 15.0. The second-order valence-electron chi connectivity index (χ2n) is 5.67. The fraction of sp³-hybridized carbons (Fsp3) is 0.562. The van der Waals surface area contributed by atoms with Crippen LogP contribution in [0.5, 0.6) is 0 Å². The zero-order valence-corrected chi connectivity index (χ0v) is 12.4. The van der Waals surface area contributed by atoms with Gasteiger partial charge in [-0.3, -0.25) is 15.1 Å². The van der Waals surface area contributed by atoms with Gasteiger partial charge in [-0.1, -0.05) is 31.2 Å². The molecule has 0 heterocycles. The summed E-state index contributed by atoms with van der Waals surface area (Å²) in [5, 5.41) is 0. The molecule has 0 aromatic heterocycles. The molecule has 1 amide bonds. The van der Waals surface area contributed by atoms with E-state index in [1.165, 1.54) is 31.4 Å². The number of amides is 1. The summed E-state index contributed by atoms with van der Waals surface area (Å²) in [6.07, 6.45) is 3.87. The first-order chi connectivity index (χ1) is 9.65. The zero-order chi connectivity index (χ0) is 14.5. The minimum absolute atomic E-state index is 0.150. The highest BCUT2D eigenvalue weighted by atomic mass is 16.2. The van der Waals surface area contributed by atoms with E-state index < -0.39 is 0 Å². The van der Waals surface area contributed by atoms with Crippen LogP contribution >= 0.6 is 0 Å². The Morgan fingerprint density at radius 1 is 1.40 bits per heavy atom. The van der Waals surface area contributed by atoms with Crippen molar-refractivity contribution < 1.29 is 4.79 Å². The SMILES string of the molecule is CCCN(Cc1ccc(C(C)C(=O)NN)cc1)C1CC1. The van der Waals surface area contributed by atoms with E-state index in [4.69, 9.17) is 5.84 Å². The molecule has 0 radical (unpaired) electrons. The Morgan fingerprint density at radius 2 is 2.05 bits per heavy atom. The summed E-state index contributed by atoms with van der Waals surface area (Å²) >= 11 is 0. The lowest BCUT2D eigenvalue weighted by atomic mass is 9.99. The Hall–Kier alpha value is -1.39. The molecule has 3 N–H and O–H groups in total. The molecule has 110 valence electrons. The molecular formula is C16H25N3O. The molecule has 20 heavy (non-hydrogen) atoms. The molecule has 2 rings (SSSR count). The Bertz CT molecular complexity index is 440. The molecule has 1 fully saturated rings. The third kappa shape index (κ3) is 3.81. The molecule has 1 aromatic carbocycles. The van der Waals surface area contributed by atoms with Crippen molar-refractivity contribution in [2.24, 2.45) is 5.84 Å². The third-order valence-corrected chi connectivity index (χ3v) is 3.98. The van der Waals surface area contributed by atoms with E-state index in [2.05, 4.69) is 29.4 Å². The fourth-order valence-electron chi connectivity index (χ4n) is 2.54. The summed E-state index contributed by atoms with van der Waals surface area (Å²) in [4.78, 5) is 14.1. The van der Waals surface area contributed by atoms with Crippen LogP contribution in [-0.2, 0) is 11.3 Å². The van der Waals surface area contributed by atoms with E-state index in [0.29, 0.717) is 0 Å². The molecule has 1 unspecified atom stereocenters. The zero-order valence-electron chi connectivity index (χ0n) is 12.4. The predicted octanol–water partition coefficient (Wildman–Crippen LogP) is 2.15. The van der Waals surface area contributed by atoms with Gasteiger partial charge in [-0.05, 0) is 43.9 Å². The van der Waals surface area contributed by atoms with E-state index in [1.54, 1.807) is 0 Å². The van der Waals surface area contributed by atoms with Gasteiger partial charge in [0.05, 0.1) is 5.92 Å². The van der Waals surface area contributed by atoms with E-state index >= 15 is 0 Å². The van der Waals surface area contributed by atoms with Crippen LogP contribution in [0.1, 0.15) is 50.2 Å². The van der Waals surface area contributed by atoms with Crippen molar-refractivity contribution in [2.45, 2.75) is 51.6 Å². The van der Waals surface area contributed by atoms with Gasteiger partial charge in [0.15, 0.2) is 0 Å². The maximum Gasteiger partial charge on any atom is 0.241 e. The molecule has 1 aliphatic rings. The molecular weight excluding hydrogens is 250 g/mol. The van der Waals surface area contributed by atoms with Gasteiger partial charge in [0.1, 0.15) is 0 Å². The lowest BCUT2D eigenvalue weighted by Gasteiger charge is -2.21. The number of hydrogen-bond acceptors (Lipinski definition) is 3. The average Bonchev–Trinajstić information content (AvgIpc) is 3.30. The smallest absolute Gasteiger partial charge is 0.241 e. The fourth-order valence-corrected chi connectivity index (χ4v) is 2.54. The summed E-state index contributed by atoms with van der Waals surface area (Å²) in [5.74, 6) is 4.82. The molecule has 4 nitrogen and oxygen atoms in total. The van der Waals surface area contributed by atoms with Gasteiger partial charge in [0.2, 0.25) is 5.91 Å². The first-order valence-corrected chi connectivity index (χ1v) is 7.49. The molecule has 0 saturated heterocycles. The number of carbonyl (C=O) groups is 1. The molecule has 0 aliphatic heterocycles. The van der Waals surface area contributed by atoms with Gasteiger partial charge >= 0.3 is 0 Å². The lowest BCUT2D eigenvalue weighted by molar-refractivity contribution is -0.122. The van der Waals surface area contributed by atoms with Crippen LogP contribution in [0.4, 0.5) is 0 Å². The minimum atomic E-state index is -0.204. The van der Waals surface area contributed by atoms with Gasteiger partial charge in [-0.15, -0.1) is 0 Å². The standard InChI is InChI=1S/C16H25N3O/c1-3-10-19(15-8-9-15)11-13-4-6-14(7-5-13)12(2)16(20)18-17/h4-7,12,15H,3,8-11,17H2,1-2H3,(H,18,20). The average molecular weight is 275 g/mol. The minimum Gasteiger partial charge on any atom is -0.296 e. The Kier molecular flexibility index (Phi) is 5.15. The number of rotatable bonds is 7. The highest BCUT2D eigenvalue weighted by molar-refractivity contribution is 5.82. The molecule has 1 saturated carbocycles. The van der Waals surface area contributed by atoms with Crippen LogP contribution in [-0.4, -0.2) is 23.4 Å². The number of carbonyl (C=O) groups excluding carboxylic acids is 1. The van der Waals surface area contributed by atoms with Crippen LogP contribution in [0, 0.1) is 0 Å². The molecule has 1 aliphatic carbocycles. The van der Waals surface area contributed by atoms with Gasteiger partial charge in [-0.2, -0.15) is 0 Å². The number of nitrogens with one attached hydrogen (secondary N) is 1. The van der Waals surface area contributed by atoms with Gasteiger partial charge in [0.25, 0.3) is 0 Å². The van der Waals surface area contributed by atoms with E-state index in [0.717, 1.165) is 18.2 Å². The number of hydrazine groups is 1. The Morgan fingerprint density at radius 3 is 2.55 bits per heavy atom. The highest BCUT2D eigenvalue weighted by Crippen LogP contribution is 2.28. The predicted molar refractivity (Wildman–Crippen MR) is 80.9 cm³/mol. The molecule has 4 heteroatoms. The second kappa shape index (κ2) is 6.86. The largest absolute Gasteiger partial charge is 0.296 e. The molecule has 1 aromatic rings. The summed E-state index contributed by atoms with van der Waals surface area (Å²) in [5.41, 5.74) is 4.52. The van der Waals surface area contributed by atoms with Crippen molar-refractivity contribution >= 4 is 5.91 Å². The number of benzene rings is 1. The number of nitrogens with zero attached hydrogens (tertiary/aromatic N) is 1. The topological polar surface area (TPSA) is 58.4 Å². The maximum absolute atomic E-state index is 11.5. The summed E-state index contributed by atoms with van der Waals surface area (Å²) in [7, 11) is 0. The third-order valence-electron chi connectivity index (χ3n) is 3.98. The second-order valence-corrected chi connectivity index (χ2v) is 5.67. The summed E-state index contributed by atoms with van der Waals surface area (Å²) < 4.78 is 0. The normalized spacial score (nSPS) is 16.2. The first-order valence-electron chi connectivity index (χ1n) is 7.49. The molecule has 0 spiro atoms. The van der Waals surface area contributed by atoms with E-state index in [1.807, 2.05) is 19.1 Å². The maximum atomic E-state index is 11.5. The Balaban J connectivity index is 1.98. The van der Waals surface area contributed by atoms with Crippen LogP contribution in [0.25, 0.3) is 0 Å². The van der Waals surface area contributed by atoms with Crippen LogP contribution in [0.3, 0.4) is 0 Å². The van der Waals surface area contributed by atoms with Gasteiger partial charge in [0, 0.05) is 12.6 Å². The Labute approximate surface area is 121 Å². The number of nitrogens with two attached hydrogens (primary N) is 1. The van der Waals surface area contributed by atoms with E-state index in [-0.39, 0.29) is 11.8 Å². The van der Waals surface area contributed by atoms with Crippen molar-refractivity contribution in [2.75, 3.05) is 6.54 Å². The van der Waals surface area contributed by atoms with Gasteiger partial charge in [-0.25, -0.2) is 5.84 Å². The van der Waals surface area contributed by atoms with Crippen molar-refractivity contribution in [3.63, 3.8) is 0 Å². The molecule has 0 bridgehead atoms. The van der Waals surface area contributed by atoms with Crippen LogP contribution in [0.2, 0.25) is 0 Å². The van der Waals surface area contributed by atoms with Crippen LogP contribution in [0.15, 0.2) is 24.3 Å². The number of hydrogen-bond donors (Lipinski definition) is 2. The summed E-state index contributed by atoms with van der Waals surface area (Å²) in [6, 6.07) is 9.11. The van der Waals surface area contributed by atoms with Crippen LogP contribution < -0.4 is 11.3 Å². The van der Waals surface area contributed by atoms with E-state index in [9.17, 15) is 4.79 Å². The quantitative estimate of drug-likeness (QED) is 0.455. The lowest BCUT2D eigenvalue weighted by Crippen LogP contribution is -2.33. The summed E-state index contributed by atoms with van der Waals surface area (Å²) in [6.45, 7) is 6.27. The highest BCUT2D eigenvalue weighted by Gasteiger charge is 2.28. The van der Waals surface area contributed by atoms with Crippen molar-refractivity contribution in [1.29, 1.82) is 0 Å². The van der Waals surface area contributed by atoms with Crippen molar-refractivity contribution in [3.8, 4) is 0 Å². The van der Waals surface area contributed by atoms with Crippen molar-refractivity contribution in [3.05, 3.63) is 35.4 Å². The van der Waals surface area contributed by atoms with Crippen molar-refractivity contribution in [1.82, 2.24) is 10.3 Å². The van der Waals surface area contributed by atoms with Gasteiger partial charge < -0.3 is 0 Å². The molecule has 1 atom stereocenters.